The van der Waals surface area contributed by atoms with Gasteiger partial charge in [-0.3, -0.25) is 0 Å². The predicted octanol–water partition coefficient (Wildman–Crippen LogP) is 4.54. The SMILES string of the molecule is CON=C(c1cc(OC)c(OC)c(OC)c1)c1nc(-c2ccc(C)cc2)cs1. The van der Waals surface area contributed by atoms with Crippen LogP contribution in [0.15, 0.2) is 46.9 Å². The van der Waals surface area contributed by atoms with E-state index in [1.165, 1.54) is 24.0 Å². The summed E-state index contributed by atoms with van der Waals surface area (Å²) >= 11 is 1.49. The van der Waals surface area contributed by atoms with Gasteiger partial charge in [-0.05, 0) is 19.1 Å². The number of oxime groups is 1. The molecule has 0 aliphatic carbocycles. The van der Waals surface area contributed by atoms with Gasteiger partial charge in [0.2, 0.25) is 5.75 Å². The Bertz CT molecular complexity index is 955. The normalized spacial score (nSPS) is 11.2. The molecule has 1 heterocycles. The molecule has 0 fully saturated rings. The van der Waals surface area contributed by atoms with Crippen LogP contribution in [0.1, 0.15) is 16.1 Å². The first-order chi connectivity index (χ1) is 13.6. The van der Waals surface area contributed by atoms with Crippen LogP contribution in [0, 0.1) is 6.92 Å². The van der Waals surface area contributed by atoms with Crippen molar-refractivity contribution < 1.29 is 19.0 Å². The second kappa shape index (κ2) is 8.75. The summed E-state index contributed by atoms with van der Waals surface area (Å²) in [5.74, 6) is 1.59. The Hall–Kier alpha value is -3.06. The fourth-order valence-electron chi connectivity index (χ4n) is 2.76. The average molecular weight is 398 g/mol. The first-order valence-electron chi connectivity index (χ1n) is 8.55. The van der Waals surface area contributed by atoms with Crippen LogP contribution >= 0.6 is 11.3 Å². The van der Waals surface area contributed by atoms with E-state index < -0.39 is 0 Å². The molecule has 0 unspecified atom stereocenters. The van der Waals surface area contributed by atoms with Gasteiger partial charge in [-0.1, -0.05) is 35.0 Å². The summed E-state index contributed by atoms with van der Waals surface area (Å²) in [4.78, 5) is 9.84. The van der Waals surface area contributed by atoms with E-state index in [9.17, 15) is 0 Å². The topological polar surface area (TPSA) is 62.2 Å². The summed E-state index contributed by atoms with van der Waals surface area (Å²) in [5.41, 5.74) is 4.48. The summed E-state index contributed by atoms with van der Waals surface area (Å²) in [5, 5.41) is 6.94. The van der Waals surface area contributed by atoms with Gasteiger partial charge in [0, 0.05) is 16.5 Å². The van der Waals surface area contributed by atoms with Crippen LogP contribution < -0.4 is 14.2 Å². The van der Waals surface area contributed by atoms with Crippen LogP contribution in [0.5, 0.6) is 17.2 Å². The van der Waals surface area contributed by atoms with E-state index in [4.69, 9.17) is 24.0 Å². The first-order valence-corrected chi connectivity index (χ1v) is 9.43. The number of hydrogen-bond acceptors (Lipinski definition) is 7. The Kier molecular flexibility index (Phi) is 6.16. The van der Waals surface area contributed by atoms with Crippen molar-refractivity contribution in [2.75, 3.05) is 28.4 Å². The zero-order valence-electron chi connectivity index (χ0n) is 16.5. The number of aromatic nitrogens is 1. The number of rotatable bonds is 7. The maximum Gasteiger partial charge on any atom is 0.203 e. The van der Waals surface area contributed by atoms with E-state index in [2.05, 4.69) is 36.3 Å². The minimum absolute atomic E-state index is 0.519. The standard InChI is InChI=1S/C21H22N2O4S/c1-13-6-8-14(9-7-13)16-12-28-21(22-16)19(23-27-5)15-10-17(24-2)20(26-4)18(11-15)25-3/h6-12H,1-5H3. The highest BCUT2D eigenvalue weighted by atomic mass is 32.1. The molecule has 0 atom stereocenters. The monoisotopic (exact) mass is 398 g/mol. The van der Waals surface area contributed by atoms with Crippen LogP contribution in [-0.4, -0.2) is 39.1 Å². The van der Waals surface area contributed by atoms with Gasteiger partial charge in [0.15, 0.2) is 11.5 Å². The van der Waals surface area contributed by atoms with Gasteiger partial charge in [-0.25, -0.2) is 4.98 Å². The molecule has 0 N–H and O–H groups in total. The van der Waals surface area contributed by atoms with Crippen LogP contribution in [0.25, 0.3) is 11.3 Å². The van der Waals surface area contributed by atoms with E-state index in [0.717, 1.165) is 21.8 Å². The summed E-state index contributed by atoms with van der Waals surface area (Å²) in [7, 11) is 6.23. The molecule has 6 nitrogen and oxygen atoms in total. The van der Waals surface area contributed by atoms with Gasteiger partial charge >= 0.3 is 0 Å². The summed E-state index contributed by atoms with van der Waals surface area (Å²) in [6.45, 7) is 2.06. The lowest BCUT2D eigenvalue weighted by molar-refractivity contribution is 0.214. The summed E-state index contributed by atoms with van der Waals surface area (Å²) in [6, 6.07) is 11.9. The molecule has 0 amide bonds. The molecule has 7 heteroatoms. The van der Waals surface area contributed by atoms with Crippen LogP contribution in [0.4, 0.5) is 0 Å². The van der Waals surface area contributed by atoms with Crippen molar-refractivity contribution >= 4 is 17.0 Å². The summed E-state index contributed by atoms with van der Waals surface area (Å²) in [6.07, 6.45) is 0. The number of ether oxygens (including phenoxy) is 3. The lowest BCUT2D eigenvalue weighted by atomic mass is 10.1. The highest BCUT2D eigenvalue weighted by molar-refractivity contribution is 7.12. The molecule has 1 aromatic heterocycles. The third kappa shape index (κ3) is 3.94. The quantitative estimate of drug-likeness (QED) is 0.432. The molecule has 0 aliphatic heterocycles. The van der Waals surface area contributed by atoms with Crippen molar-refractivity contribution in [3.05, 3.63) is 57.9 Å². The molecule has 0 saturated heterocycles. The molecule has 0 bridgehead atoms. The van der Waals surface area contributed by atoms with Crippen LogP contribution in [0.3, 0.4) is 0 Å². The number of thiazole rings is 1. The van der Waals surface area contributed by atoms with Crippen molar-refractivity contribution in [3.63, 3.8) is 0 Å². The predicted molar refractivity (Wildman–Crippen MR) is 111 cm³/mol. The Morgan fingerprint density at radius 1 is 0.929 bits per heavy atom. The number of nitrogens with zero attached hydrogens (tertiary/aromatic N) is 2. The Morgan fingerprint density at radius 3 is 2.11 bits per heavy atom. The van der Waals surface area contributed by atoms with Gasteiger partial charge in [-0.2, -0.15) is 0 Å². The van der Waals surface area contributed by atoms with E-state index >= 15 is 0 Å². The van der Waals surface area contributed by atoms with E-state index in [0.29, 0.717) is 23.0 Å². The molecule has 2 aromatic carbocycles. The minimum Gasteiger partial charge on any atom is -0.493 e. The zero-order valence-corrected chi connectivity index (χ0v) is 17.3. The molecule has 3 rings (SSSR count). The third-order valence-electron chi connectivity index (χ3n) is 4.17. The first kappa shape index (κ1) is 19.7. The second-order valence-corrected chi connectivity index (χ2v) is 6.80. The Balaban J connectivity index is 2.06. The smallest absolute Gasteiger partial charge is 0.203 e. The zero-order chi connectivity index (χ0) is 20.1. The summed E-state index contributed by atoms with van der Waals surface area (Å²) < 4.78 is 16.3. The molecule has 3 aromatic rings. The molecule has 0 radical (unpaired) electrons. The van der Waals surface area contributed by atoms with Crippen molar-refractivity contribution in [1.82, 2.24) is 4.98 Å². The largest absolute Gasteiger partial charge is 0.493 e. The molecule has 0 saturated carbocycles. The highest BCUT2D eigenvalue weighted by Gasteiger charge is 2.20. The molecule has 0 aliphatic rings. The van der Waals surface area contributed by atoms with E-state index in [1.807, 2.05) is 17.5 Å². The Morgan fingerprint density at radius 2 is 1.57 bits per heavy atom. The highest BCUT2D eigenvalue weighted by Crippen LogP contribution is 2.39. The van der Waals surface area contributed by atoms with Gasteiger partial charge < -0.3 is 19.0 Å². The fraction of sp³-hybridized carbons (Fsp3) is 0.238. The maximum atomic E-state index is 5.45. The third-order valence-corrected chi connectivity index (χ3v) is 5.02. The number of hydrogen-bond donors (Lipinski definition) is 0. The maximum absolute atomic E-state index is 5.45. The van der Waals surface area contributed by atoms with Gasteiger partial charge in [0.25, 0.3) is 0 Å². The second-order valence-electron chi connectivity index (χ2n) is 5.94. The van der Waals surface area contributed by atoms with Crippen molar-refractivity contribution in [2.45, 2.75) is 6.92 Å². The van der Waals surface area contributed by atoms with Crippen LogP contribution in [-0.2, 0) is 4.84 Å². The number of methoxy groups -OCH3 is 3. The minimum atomic E-state index is 0.519. The fourth-order valence-corrected chi connectivity index (χ4v) is 3.59. The van der Waals surface area contributed by atoms with Crippen molar-refractivity contribution in [3.8, 4) is 28.5 Å². The van der Waals surface area contributed by atoms with E-state index in [-0.39, 0.29) is 0 Å². The molecule has 0 spiro atoms. The van der Waals surface area contributed by atoms with Gasteiger partial charge in [-0.15, -0.1) is 11.3 Å². The molecule has 146 valence electrons. The lowest BCUT2D eigenvalue weighted by Gasteiger charge is -2.14. The molecular formula is C21H22N2O4S. The Labute approximate surface area is 168 Å². The molecular weight excluding hydrogens is 376 g/mol. The van der Waals surface area contributed by atoms with Gasteiger partial charge in [0.1, 0.15) is 17.8 Å². The van der Waals surface area contributed by atoms with Gasteiger partial charge in [0.05, 0.1) is 27.0 Å². The molecule has 28 heavy (non-hydrogen) atoms. The van der Waals surface area contributed by atoms with Crippen molar-refractivity contribution in [2.24, 2.45) is 5.16 Å². The number of benzene rings is 2. The number of aryl methyl sites for hydroxylation is 1. The van der Waals surface area contributed by atoms with Crippen LogP contribution in [0.2, 0.25) is 0 Å². The van der Waals surface area contributed by atoms with Crippen molar-refractivity contribution in [1.29, 1.82) is 0 Å². The average Bonchev–Trinajstić information content (AvgIpc) is 3.21. The lowest BCUT2D eigenvalue weighted by Crippen LogP contribution is -2.06. The van der Waals surface area contributed by atoms with E-state index in [1.54, 1.807) is 21.3 Å².